The van der Waals surface area contributed by atoms with Crippen LogP contribution in [0.1, 0.15) is 33.1 Å². The van der Waals surface area contributed by atoms with Crippen LogP contribution in [0.15, 0.2) is 0 Å². The zero-order chi connectivity index (χ0) is 12.0. The van der Waals surface area contributed by atoms with Gasteiger partial charge in [0.05, 0.1) is 12.5 Å². The first-order valence-electron chi connectivity index (χ1n) is 6.13. The third-order valence-electron chi connectivity index (χ3n) is 2.75. The fraction of sp³-hybridized carbons (Fsp3) is 0.917. The van der Waals surface area contributed by atoms with E-state index in [4.69, 9.17) is 9.84 Å². The van der Waals surface area contributed by atoms with Crippen LogP contribution in [0, 0.1) is 5.92 Å². The van der Waals surface area contributed by atoms with Gasteiger partial charge in [0.25, 0.3) is 0 Å². The molecule has 0 aromatic heterocycles. The third-order valence-corrected chi connectivity index (χ3v) is 2.75. The molecule has 0 saturated carbocycles. The van der Waals surface area contributed by atoms with Crippen molar-refractivity contribution in [3.05, 3.63) is 0 Å². The molecule has 0 aromatic carbocycles. The number of carboxylic acids is 1. The predicted octanol–water partition coefficient (Wildman–Crippen LogP) is 1.60. The Kier molecular flexibility index (Phi) is 5.77. The molecule has 0 spiro atoms. The number of aliphatic carboxylic acids is 1. The molecular weight excluding hydrogens is 206 g/mol. The molecule has 0 amide bonds. The largest absolute Gasteiger partial charge is 0.481 e. The summed E-state index contributed by atoms with van der Waals surface area (Å²) >= 11 is 0. The van der Waals surface area contributed by atoms with Crippen molar-refractivity contribution >= 4 is 5.97 Å². The number of hydrogen-bond acceptors (Lipinski definition) is 3. The number of carboxylic acid groups (broad SMARTS) is 1. The molecule has 1 aliphatic rings. The van der Waals surface area contributed by atoms with Gasteiger partial charge in [0, 0.05) is 26.2 Å². The van der Waals surface area contributed by atoms with Crippen LogP contribution in [-0.2, 0) is 9.53 Å². The highest BCUT2D eigenvalue weighted by Gasteiger charge is 2.20. The Morgan fingerprint density at radius 1 is 1.56 bits per heavy atom. The molecule has 0 bridgehead atoms. The maximum Gasteiger partial charge on any atom is 0.304 e. The van der Waals surface area contributed by atoms with Crippen molar-refractivity contribution in [2.45, 2.75) is 39.2 Å². The Morgan fingerprint density at radius 2 is 2.31 bits per heavy atom. The molecule has 4 nitrogen and oxygen atoms in total. The van der Waals surface area contributed by atoms with Crippen LogP contribution in [0.5, 0.6) is 0 Å². The summed E-state index contributed by atoms with van der Waals surface area (Å²) in [6.07, 6.45) is 2.78. The highest BCUT2D eigenvalue weighted by molar-refractivity contribution is 5.66. The molecule has 16 heavy (non-hydrogen) atoms. The molecule has 1 atom stereocenters. The average molecular weight is 229 g/mol. The second-order valence-corrected chi connectivity index (χ2v) is 4.93. The van der Waals surface area contributed by atoms with Crippen LogP contribution in [0.4, 0.5) is 0 Å². The fourth-order valence-corrected chi connectivity index (χ4v) is 2.10. The normalized spacial score (nSPS) is 20.9. The van der Waals surface area contributed by atoms with Crippen LogP contribution in [0.3, 0.4) is 0 Å². The van der Waals surface area contributed by atoms with Gasteiger partial charge < -0.3 is 9.84 Å². The molecule has 0 aliphatic carbocycles. The van der Waals surface area contributed by atoms with Crippen molar-refractivity contribution < 1.29 is 14.6 Å². The molecule has 1 unspecified atom stereocenters. The van der Waals surface area contributed by atoms with Crippen molar-refractivity contribution in [2.75, 3.05) is 26.2 Å². The molecule has 1 fully saturated rings. The Balaban J connectivity index is 2.32. The minimum atomic E-state index is -0.721. The zero-order valence-electron chi connectivity index (χ0n) is 10.3. The second-order valence-electron chi connectivity index (χ2n) is 4.93. The highest BCUT2D eigenvalue weighted by Crippen LogP contribution is 2.14. The fourth-order valence-electron chi connectivity index (χ4n) is 2.10. The van der Waals surface area contributed by atoms with Crippen molar-refractivity contribution in [1.82, 2.24) is 4.90 Å². The van der Waals surface area contributed by atoms with Crippen molar-refractivity contribution in [2.24, 2.45) is 5.92 Å². The van der Waals surface area contributed by atoms with Crippen LogP contribution in [-0.4, -0.2) is 48.3 Å². The van der Waals surface area contributed by atoms with Gasteiger partial charge in [0.15, 0.2) is 0 Å². The molecule has 0 aromatic rings. The van der Waals surface area contributed by atoms with E-state index in [0.717, 1.165) is 32.5 Å². The van der Waals surface area contributed by atoms with Crippen LogP contribution in [0.2, 0.25) is 0 Å². The average Bonchev–Trinajstić information content (AvgIpc) is 2.66. The first-order chi connectivity index (χ1) is 7.58. The van der Waals surface area contributed by atoms with E-state index >= 15 is 0 Å². The summed E-state index contributed by atoms with van der Waals surface area (Å²) in [4.78, 5) is 12.8. The van der Waals surface area contributed by atoms with Gasteiger partial charge in [0.1, 0.15) is 0 Å². The SMILES string of the molecule is CC(C)CN(CCC(=O)O)CC1CCCO1. The van der Waals surface area contributed by atoms with E-state index in [2.05, 4.69) is 18.7 Å². The van der Waals surface area contributed by atoms with Crippen molar-refractivity contribution in [3.8, 4) is 0 Å². The van der Waals surface area contributed by atoms with Crippen LogP contribution in [0.25, 0.3) is 0 Å². The van der Waals surface area contributed by atoms with Gasteiger partial charge in [-0.25, -0.2) is 0 Å². The zero-order valence-corrected chi connectivity index (χ0v) is 10.3. The summed E-state index contributed by atoms with van der Waals surface area (Å²) in [5, 5.41) is 8.70. The Hall–Kier alpha value is -0.610. The molecule has 1 N–H and O–H groups in total. The number of ether oxygens (including phenoxy) is 1. The van der Waals surface area contributed by atoms with E-state index in [9.17, 15) is 4.79 Å². The summed E-state index contributed by atoms with van der Waals surface area (Å²) in [5.74, 6) is -0.156. The minimum Gasteiger partial charge on any atom is -0.481 e. The first kappa shape index (κ1) is 13.5. The standard InChI is InChI=1S/C12H23NO3/c1-10(2)8-13(6-5-12(14)15)9-11-4-3-7-16-11/h10-11H,3-9H2,1-2H3,(H,14,15). The lowest BCUT2D eigenvalue weighted by Gasteiger charge is -2.26. The molecule has 0 radical (unpaired) electrons. The van der Waals surface area contributed by atoms with Crippen LogP contribution >= 0.6 is 0 Å². The monoisotopic (exact) mass is 229 g/mol. The number of carbonyl (C=O) groups is 1. The number of nitrogens with zero attached hydrogens (tertiary/aromatic N) is 1. The number of rotatable bonds is 7. The van der Waals surface area contributed by atoms with Crippen molar-refractivity contribution in [1.29, 1.82) is 0 Å². The minimum absolute atomic E-state index is 0.222. The van der Waals surface area contributed by atoms with Gasteiger partial charge in [-0.15, -0.1) is 0 Å². The maximum absolute atomic E-state index is 10.6. The van der Waals surface area contributed by atoms with E-state index in [1.807, 2.05) is 0 Å². The summed E-state index contributed by atoms with van der Waals surface area (Å²) in [6.45, 7) is 7.64. The topological polar surface area (TPSA) is 49.8 Å². The summed E-state index contributed by atoms with van der Waals surface area (Å²) in [7, 11) is 0. The molecule has 1 saturated heterocycles. The smallest absolute Gasteiger partial charge is 0.304 e. The Morgan fingerprint density at radius 3 is 2.81 bits per heavy atom. The summed E-state index contributed by atoms with van der Waals surface area (Å²) in [5.41, 5.74) is 0. The van der Waals surface area contributed by atoms with Gasteiger partial charge in [-0.1, -0.05) is 13.8 Å². The molecule has 94 valence electrons. The third kappa shape index (κ3) is 5.47. The van der Waals surface area contributed by atoms with Gasteiger partial charge in [0.2, 0.25) is 0 Å². The molecular formula is C12H23NO3. The summed E-state index contributed by atoms with van der Waals surface area (Å²) in [6, 6.07) is 0. The van der Waals surface area contributed by atoms with E-state index < -0.39 is 5.97 Å². The molecule has 1 aliphatic heterocycles. The summed E-state index contributed by atoms with van der Waals surface area (Å²) < 4.78 is 5.58. The molecule has 4 heteroatoms. The second kappa shape index (κ2) is 6.86. The Labute approximate surface area is 97.6 Å². The quantitative estimate of drug-likeness (QED) is 0.720. The van der Waals surface area contributed by atoms with Crippen molar-refractivity contribution in [3.63, 3.8) is 0 Å². The van der Waals surface area contributed by atoms with Gasteiger partial charge in [-0.3, -0.25) is 9.69 Å². The predicted molar refractivity (Wildman–Crippen MR) is 62.5 cm³/mol. The van der Waals surface area contributed by atoms with Gasteiger partial charge >= 0.3 is 5.97 Å². The lowest BCUT2D eigenvalue weighted by Crippen LogP contribution is -2.36. The molecule has 1 rings (SSSR count). The van der Waals surface area contributed by atoms with E-state index in [0.29, 0.717) is 18.6 Å². The molecule has 1 heterocycles. The van der Waals surface area contributed by atoms with Gasteiger partial charge in [-0.05, 0) is 18.8 Å². The lowest BCUT2D eigenvalue weighted by atomic mass is 10.1. The van der Waals surface area contributed by atoms with E-state index in [1.54, 1.807) is 0 Å². The lowest BCUT2D eigenvalue weighted by molar-refractivity contribution is -0.137. The Bertz CT molecular complexity index is 212. The highest BCUT2D eigenvalue weighted by atomic mass is 16.5. The van der Waals surface area contributed by atoms with E-state index in [1.165, 1.54) is 0 Å². The number of hydrogen-bond donors (Lipinski definition) is 1. The maximum atomic E-state index is 10.6. The van der Waals surface area contributed by atoms with Crippen LogP contribution < -0.4 is 0 Å². The first-order valence-corrected chi connectivity index (χ1v) is 6.13. The van der Waals surface area contributed by atoms with E-state index in [-0.39, 0.29) is 6.42 Å². The van der Waals surface area contributed by atoms with Gasteiger partial charge in [-0.2, -0.15) is 0 Å².